The number of anilines is 2. The van der Waals surface area contributed by atoms with Crippen LogP contribution in [0.15, 0.2) is 67.3 Å². The molecule has 0 fully saturated rings. The second kappa shape index (κ2) is 10.1. The van der Waals surface area contributed by atoms with Gasteiger partial charge in [-0.3, -0.25) is 0 Å². The number of halogens is 2. The Balaban J connectivity index is 1.64. The molecule has 0 spiro atoms. The third-order valence-corrected chi connectivity index (χ3v) is 6.16. The van der Waals surface area contributed by atoms with Gasteiger partial charge in [-0.25, -0.2) is 28.7 Å². The molecule has 1 unspecified atom stereocenters. The molecule has 0 saturated heterocycles. The molecule has 0 aliphatic rings. The van der Waals surface area contributed by atoms with Crippen LogP contribution in [-0.4, -0.2) is 35.8 Å². The molecule has 5 rings (SSSR count). The van der Waals surface area contributed by atoms with Gasteiger partial charge < -0.3 is 25.5 Å². The molecule has 0 aliphatic carbocycles. The van der Waals surface area contributed by atoms with Gasteiger partial charge in [-0.15, -0.1) is 0 Å². The number of fused-ring (bicyclic) bond motifs is 1. The highest BCUT2D eigenvalue weighted by Gasteiger charge is 2.25. The second-order valence-electron chi connectivity index (χ2n) is 9.12. The number of nitrogens with one attached hydrogen (secondary N) is 1. The number of aliphatic hydroxyl groups is 1. The number of nitrogens with zero attached hydrogens (tertiary/aromatic N) is 5. The normalized spacial score (nSPS) is 11.9. The van der Waals surface area contributed by atoms with Crippen molar-refractivity contribution < 1.29 is 18.6 Å². The van der Waals surface area contributed by atoms with E-state index in [0.29, 0.717) is 33.6 Å². The van der Waals surface area contributed by atoms with Gasteiger partial charge in [-0.05, 0) is 60.4 Å². The molecule has 1 atom stereocenters. The fraction of sp³-hybridized carbons (Fsp3) is 0.143. The standard InChI is InChI=1S/C28H25F2N7O2/c1-14(2)27(38)36-18-7-5-16(6-8-18)23-21(22-25(31)34-13-35-26(22)37(23)4)17-9-19(29)24(20(30)10-17)39-28-32-11-15(3)12-33-28/h5-13,27,36,38H,1H2,2-4H3,(H2,31,34,35). The second-order valence-corrected chi connectivity index (χ2v) is 9.12. The number of aryl methyl sites for hydroxylation is 2. The molecule has 0 amide bonds. The van der Waals surface area contributed by atoms with Crippen molar-refractivity contribution in [2.24, 2.45) is 7.05 Å². The van der Waals surface area contributed by atoms with Crippen LogP contribution < -0.4 is 15.8 Å². The van der Waals surface area contributed by atoms with Crippen molar-refractivity contribution in [2.75, 3.05) is 11.1 Å². The van der Waals surface area contributed by atoms with Crippen LogP contribution in [-0.2, 0) is 7.05 Å². The van der Waals surface area contributed by atoms with Crippen molar-refractivity contribution in [3.8, 4) is 34.1 Å². The molecular weight excluding hydrogens is 504 g/mol. The van der Waals surface area contributed by atoms with Gasteiger partial charge in [-0.1, -0.05) is 18.7 Å². The van der Waals surface area contributed by atoms with Crippen LogP contribution in [0, 0.1) is 18.6 Å². The minimum atomic E-state index is -0.944. The summed E-state index contributed by atoms with van der Waals surface area (Å²) in [7, 11) is 1.78. The lowest BCUT2D eigenvalue weighted by atomic mass is 9.98. The van der Waals surface area contributed by atoms with Crippen molar-refractivity contribution >= 4 is 22.5 Å². The minimum Gasteiger partial charge on any atom is -0.418 e. The predicted octanol–water partition coefficient (Wildman–Crippen LogP) is 5.36. The number of hydrogen-bond donors (Lipinski definition) is 3. The maximum Gasteiger partial charge on any atom is 0.322 e. The Labute approximate surface area is 222 Å². The van der Waals surface area contributed by atoms with Crippen molar-refractivity contribution in [2.45, 2.75) is 20.1 Å². The molecule has 4 N–H and O–H groups in total. The smallest absolute Gasteiger partial charge is 0.322 e. The average molecular weight is 530 g/mol. The molecular formula is C28H25F2N7O2. The van der Waals surface area contributed by atoms with Gasteiger partial charge in [0, 0.05) is 30.7 Å². The first kappa shape index (κ1) is 25.7. The van der Waals surface area contributed by atoms with Crippen LogP contribution in [0.2, 0.25) is 0 Å². The molecule has 0 radical (unpaired) electrons. The quantitative estimate of drug-likeness (QED) is 0.190. The molecule has 0 saturated carbocycles. The number of aliphatic hydroxyl groups excluding tert-OH is 1. The van der Waals surface area contributed by atoms with Gasteiger partial charge in [0.05, 0.1) is 11.1 Å². The molecule has 5 aromatic rings. The number of ether oxygens (including phenoxy) is 1. The SMILES string of the molecule is C=C(C)C(O)Nc1ccc(-c2c(-c3cc(F)c(Oc4ncc(C)cn4)c(F)c3)c3c(N)ncnc3n2C)cc1. The monoisotopic (exact) mass is 529 g/mol. The summed E-state index contributed by atoms with van der Waals surface area (Å²) in [6.45, 7) is 7.23. The first-order chi connectivity index (χ1) is 18.6. The Hall–Kier alpha value is -4.90. The van der Waals surface area contributed by atoms with Gasteiger partial charge in [0.25, 0.3) is 0 Å². The zero-order valence-electron chi connectivity index (χ0n) is 21.4. The highest BCUT2D eigenvalue weighted by Crippen LogP contribution is 2.43. The molecule has 198 valence electrons. The molecule has 3 aromatic heterocycles. The Morgan fingerprint density at radius 3 is 2.31 bits per heavy atom. The molecule has 9 nitrogen and oxygen atoms in total. The Morgan fingerprint density at radius 1 is 1.05 bits per heavy atom. The molecule has 3 heterocycles. The largest absolute Gasteiger partial charge is 0.418 e. The Kier molecular flexibility index (Phi) is 6.67. The van der Waals surface area contributed by atoms with Crippen LogP contribution in [0.4, 0.5) is 20.3 Å². The maximum atomic E-state index is 15.3. The Morgan fingerprint density at radius 2 is 1.69 bits per heavy atom. The lowest BCUT2D eigenvalue weighted by Gasteiger charge is -2.15. The van der Waals surface area contributed by atoms with Crippen molar-refractivity contribution in [1.82, 2.24) is 24.5 Å². The number of hydrogen-bond acceptors (Lipinski definition) is 8. The van der Waals surface area contributed by atoms with Gasteiger partial charge >= 0.3 is 6.01 Å². The van der Waals surface area contributed by atoms with Crippen LogP contribution in [0.3, 0.4) is 0 Å². The molecule has 39 heavy (non-hydrogen) atoms. The first-order valence-electron chi connectivity index (χ1n) is 11.9. The summed E-state index contributed by atoms with van der Waals surface area (Å²) in [5.74, 6) is -2.35. The molecule has 0 aliphatic heterocycles. The van der Waals surface area contributed by atoms with Crippen LogP contribution >= 0.6 is 0 Å². The van der Waals surface area contributed by atoms with E-state index in [0.717, 1.165) is 23.3 Å². The third kappa shape index (κ3) is 4.87. The van der Waals surface area contributed by atoms with E-state index in [4.69, 9.17) is 10.5 Å². The summed E-state index contributed by atoms with van der Waals surface area (Å²) in [4.78, 5) is 16.4. The first-order valence-corrected chi connectivity index (χ1v) is 11.9. The summed E-state index contributed by atoms with van der Waals surface area (Å²) in [5, 5.41) is 13.5. The number of nitrogen functional groups attached to an aromatic ring is 1. The molecule has 2 aromatic carbocycles. The number of nitrogens with two attached hydrogens (primary N) is 1. The van der Waals surface area contributed by atoms with Crippen molar-refractivity contribution in [3.05, 3.63) is 84.5 Å². The van der Waals surface area contributed by atoms with Gasteiger partial charge in [-0.2, -0.15) is 0 Å². The topological polar surface area (TPSA) is 124 Å². The third-order valence-electron chi connectivity index (χ3n) is 6.16. The van der Waals surface area contributed by atoms with E-state index in [-0.39, 0.29) is 17.4 Å². The van der Waals surface area contributed by atoms with Crippen LogP contribution in [0.1, 0.15) is 12.5 Å². The summed E-state index contributed by atoms with van der Waals surface area (Å²) in [6.07, 6.45) is 3.39. The van der Waals surface area contributed by atoms with Crippen LogP contribution in [0.25, 0.3) is 33.4 Å². The van der Waals surface area contributed by atoms with Gasteiger partial charge in [0.1, 0.15) is 24.0 Å². The summed E-state index contributed by atoms with van der Waals surface area (Å²) in [5.41, 5.74) is 10.7. The highest BCUT2D eigenvalue weighted by atomic mass is 19.1. The summed E-state index contributed by atoms with van der Waals surface area (Å²) in [6, 6.07) is 9.32. The molecule has 11 heteroatoms. The highest BCUT2D eigenvalue weighted by molar-refractivity contribution is 6.07. The Bertz CT molecular complexity index is 1680. The van der Waals surface area contributed by atoms with Gasteiger partial charge in [0.2, 0.25) is 5.75 Å². The number of aromatic nitrogens is 5. The fourth-order valence-corrected chi connectivity index (χ4v) is 4.23. The number of rotatable bonds is 7. The lowest BCUT2D eigenvalue weighted by molar-refractivity contribution is 0.240. The van der Waals surface area contributed by atoms with Crippen molar-refractivity contribution in [3.63, 3.8) is 0 Å². The van der Waals surface area contributed by atoms with E-state index in [1.54, 1.807) is 37.6 Å². The van der Waals surface area contributed by atoms with E-state index in [1.807, 2.05) is 12.1 Å². The average Bonchev–Trinajstić information content (AvgIpc) is 3.21. The van der Waals surface area contributed by atoms with E-state index in [2.05, 4.69) is 31.8 Å². The maximum absolute atomic E-state index is 15.3. The summed E-state index contributed by atoms with van der Waals surface area (Å²) >= 11 is 0. The van der Waals surface area contributed by atoms with E-state index < -0.39 is 23.6 Å². The zero-order valence-corrected chi connectivity index (χ0v) is 21.4. The van der Waals surface area contributed by atoms with Crippen LogP contribution in [0.5, 0.6) is 11.8 Å². The molecule has 0 bridgehead atoms. The van der Waals surface area contributed by atoms with E-state index in [9.17, 15) is 5.11 Å². The zero-order chi connectivity index (χ0) is 27.8. The van der Waals surface area contributed by atoms with Crippen molar-refractivity contribution in [1.29, 1.82) is 0 Å². The predicted molar refractivity (Wildman–Crippen MR) is 145 cm³/mol. The van der Waals surface area contributed by atoms with E-state index >= 15 is 8.78 Å². The van der Waals surface area contributed by atoms with Gasteiger partial charge in [0.15, 0.2) is 11.6 Å². The minimum absolute atomic E-state index is 0.161. The number of benzene rings is 2. The lowest BCUT2D eigenvalue weighted by Crippen LogP contribution is -2.19. The van der Waals surface area contributed by atoms with E-state index in [1.165, 1.54) is 18.7 Å². The fourth-order valence-electron chi connectivity index (χ4n) is 4.23. The summed E-state index contributed by atoms with van der Waals surface area (Å²) < 4.78 is 37.7.